The van der Waals surface area contributed by atoms with Crippen LogP contribution in [-0.4, -0.2) is 24.7 Å². The first-order valence-corrected chi connectivity index (χ1v) is 10.5. The maximum absolute atomic E-state index is 12.5. The molecule has 0 aliphatic heterocycles. The van der Waals surface area contributed by atoms with Gasteiger partial charge in [-0.05, 0) is 61.0 Å². The summed E-state index contributed by atoms with van der Waals surface area (Å²) in [5, 5.41) is 4.85. The highest BCUT2D eigenvalue weighted by Crippen LogP contribution is 2.30. The summed E-state index contributed by atoms with van der Waals surface area (Å²) in [7, 11) is 0. The van der Waals surface area contributed by atoms with E-state index in [-0.39, 0.29) is 16.3 Å². The predicted octanol–water partition coefficient (Wildman–Crippen LogP) is 6.03. The number of nitrogens with zero attached hydrogens (tertiary/aromatic N) is 1. The van der Waals surface area contributed by atoms with E-state index in [0.29, 0.717) is 33.5 Å². The first kappa shape index (κ1) is 23.6. The Bertz CT molecular complexity index is 1180. The number of hydrogen-bond acceptors (Lipinski definition) is 5. The van der Waals surface area contributed by atoms with Crippen molar-refractivity contribution in [1.29, 1.82) is 0 Å². The van der Waals surface area contributed by atoms with Gasteiger partial charge in [-0.25, -0.2) is 10.2 Å². The van der Waals surface area contributed by atoms with Gasteiger partial charge in [0.25, 0.3) is 5.91 Å². The van der Waals surface area contributed by atoms with Gasteiger partial charge in [-0.15, -0.1) is 0 Å². The Morgan fingerprint density at radius 3 is 2.44 bits per heavy atom. The molecule has 0 saturated heterocycles. The van der Waals surface area contributed by atoms with Crippen LogP contribution in [0.3, 0.4) is 0 Å². The second-order valence-corrected chi connectivity index (χ2v) is 7.58. The highest BCUT2D eigenvalue weighted by atomic mass is 35.5. The van der Waals surface area contributed by atoms with Gasteiger partial charge in [-0.2, -0.15) is 5.10 Å². The molecule has 0 atom stereocenters. The van der Waals surface area contributed by atoms with Crippen molar-refractivity contribution in [2.75, 3.05) is 6.61 Å². The quantitative estimate of drug-likeness (QED) is 0.189. The molecule has 3 rings (SSSR count). The molecule has 1 N–H and O–H groups in total. The van der Waals surface area contributed by atoms with Gasteiger partial charge in [0.05, 0.1) is 34.0 Å². The fraction of sp³-hybridized carbons (Fsp3) is 0.0870. The molecule has 3 aromatic carbocycles. The number of ether oxygens (including phenoxy) is 2. The molecule has 3 aromatic rings. The Morgan fingerprint density at radius 2 is 1.72 bits per heavy atom. The Kier molecular flexibility index (Phi) is 8.11. The molecule has 0 saturated carbocycles. The average molecular weight is 492 g/mol. The molecule has 0 spiro atoms. The zero-order valence-corrected chi connectivity index (χ0v) is 19.0. The number of benzene rings is 3. The van der Waals surface area contributed by atoms with Crippen LogP contribution in [0.1, 0.15) is 33.2 Å². The lowest BCUT2D eigenvalue weighted by atomic mass is 10.2. The SMILES string of the molecule is CCOc1cc(/C=N/NC(=O)c2ccccc2Cl)ccc1OC(=O)c1ccc(Cl)cc1Cl. The molecule has 0 heterocycles. The third kappa shape index (κ3) is 6.01. The molecule has 0 aliphatic rings. The fourth-order valence-electron chi connectivity index (χ4n) is 2.64. The van der Waals surface area contributed by atoms with Gasteiger partial charge in [-0.1, -0.05) is 46.9 Å². The molecule has 1 amide bonds. The number of nitrogens with one attached hydrogen (secondary N) is 1. The number of carbonyl (C=O) groups is 2. The Balaban J connectivity index is 1.74. The van der Waals surface area contributed by atoms with E-state index in [2.05, 4.69) is 10.5 Å². The van der Waals surface area contributed by atoms with Gasteiger partial charge in [0.2, 0.25) is 0 Å². The molecule has 0 unspecified atom stereocenters. The van der Waals surface area contributed by atoms with Crippen LogP contribution >= 0.6 is 34.8 Å². The number of hydrazone groups is 1. The summed E-state index contributed by atoms with van der Waals surface area (Å²) in [5.41, 5.74) is 3.50. The normalized spacial score (nSPS) is 10.8. The minimum atomic E-state index is -0.652. The van der Waals surface area contributed by atoms with Crippen molar-refractivity contribution in [3.63, 3.8) is 0 Å². The van der Waals surface area contributed by atoms with Crippen molar-refractivity contribution in [2.24, 2.45) is 5.10 Å². The Labute approximate surface area is 199 Å². The fourth-order valence-corrected chi connectivity index (χ4v) is 3.35. The summed E-state index contributed by atoms with van der Waals surface area (Å²) < 4.78 is 11.0. The van der Waals surface area contributed by atoms with Gasteiger partial charge in [0.15, 0.2) is 11.5 Å². The smallest absolute Gasteiger partial charge is 0.345 e. The summed E-state index contributed by atoms with van der Waals surface area (Å²) in [6.45, 7) is 2.14. The van der Waals surface area contributed by atoms with Gasteiger partial charge in [-0.3, -0.25) is 4.79 Å². The van der Waals surface area contributed by atoms with E-state index in [1.807, 2.05) is 0 Å². The number of halogens is 3. The Morgan fingerprint density at radius 1 is 0.938 bits per heavy atom. The third-order valence-electron chi connectivity index (χ3n) is 4.12. The van der Waals surface area contributed by atoms with Crippen LogP contribution in [0.4, 0.5) is 0 Å². The molecule has 32 heavy (non-hydrogen) atoms. The van der Waals surface area contributed by atoms with E-state index in [0.717, 1.165) is 0 Å². The first-order valence-electron chi connectivity index (χ1n) is 9.41. The number of amides is 1. The third-order valence-corrected chi connectivity index (χ3v) is 5.00. The molecule has 0 fully saturated rings. The molecular formula is C23H17Cl3N2O4. The molecule has 0 radical (unpaired) electrons. The average Bonchev–Trinajstić information content (AvgIpc) is 2.75. The summed E-state index contributed by atoms with van der Waals surface area (Å²) in [4.78, 5) is 24.7. The predicted molar refractivity (Wildman–Crippen MR) is 126 cm³/mol. The second kappa shape index (κ2) is 11.0. The highest BCUT2D eigenvalue weighted by Gasteiger charge is 2.16. The standard InChI is InChI=1S/C23H17Cl3N2O4/c1-2-31-21-11-14(13-27-28-22(29)16-5-3-4-6-18(16)25)7-10-20(21)32-23(30)17-9-8-15(24)12-19(17)26/h3-13H,2H2,1H3,(H,28,29)/b27-13+. The van der Waals surface area contributed by atoms with Crippen LogP contribution in [0.25, 0.3) is 0 Å². The Hall–Kier alpha value is -3.06. The van der Waals surface area contributed by atoms with Gasteiger partial charge >= 0.3 is 5.97 Å². The summed E-state index contributed by atoms with van der Waals surface area (Å²) >= 11 is 18.0. The molecular weight excluding hydrogens is 475 g/mol. The number of carbonyl (C=O) groups excluding carboxylic acids is 2. The molecule has 164 valence electrons. The number of rotatable bonds is 7. The van der Waals surface area contributed by atoms with E-state index in [1.165, 1.54) is 18.3 Å². The van der Waals surface area contributed by atoms with Crippen LogP contribution in [-0.2, 0) is 0 Å². The van der Waals surface area contributed by atoms with Gasteiger partial charge in [0.1, 0.15) is 0 Å². The van der Waals surface area contributed by atoms with E-state index >= 15 is 0 Å². The van der Waals surface area contributed by atoms with Crippen LogP contribution in [0, 0.1) is 0 Å². The molecule has 6 nitrogen and oxygen atoms in total. The second-order valence-electron chi connectivity index (χ2n) is 6.33. The lowest BCUT2D eigenvalue weighted by molar-refractivity contribution is 0.0728. The molecule has 9 heteroatoms. The lowest BCUT2D eigenvalue weighted by Crippen LogP contribution is -2.18. The van der Waals surface area contributed by atoms with Crippen molar-refractivity contribution < 1.29 is 19.1 Å². The lowest BCUT2D eigenvalue weighted by Gasteiger charge is -2.12. The highest BCUT2D eigenvalue weighted by molar-refractivity contribution is 6.36. The largest absolute Gasteiger partial charge is 0.490 e. The topological polar surface area (TPSA) is 77.0 Å². The van der Waals surface area contributed by atoms with Gasteiger partial charge < -0.3 is 9.47 Å². The maximum atomic E-state index is 12.5. The van der Waals surface area contributed by atoms with E-state index in [4.69, 9.17) is 44.3 Å². The molecule has 0 aliphatic carbocycles. The van der Waals surface area contributed by atoms with Crippen LogP contribution in [0.15, 0.2) is 65.8 Å². The molecule has 0 aromatic heterocycles. The van der Waals surface area contributed by atoms with Crippen molar-refractivity contribution >= 4 is 52.9 Å². The summed E-state index contributed by atoms with van der Waals surface area (Å²) in [5.74, 6) is -0.559. The zero-order valence-electron chi connectivity index (χ0n) is 16.8. The van der Waals surface area contributed by atoms with Crippen molar-refractivity contribution in [1.82, 2.24) is 5.43 Å². The first-order chi connectivity index (χ1) is 15.4. The van der Waals surface area contributed by atoms with E-state index in [9.17, 15) is 9.59 Å². The van der Waals surface area contributed by atoms with Crippen molar-refractivity contribution in [3.8, 4) is 11.5 Å². The summed E-state index contributed by atoms with van der Waals surface area (Å²) in [6, 6.07) is 16.0. The monoisotopic (exact) mass is 490 g/mol. The van der Waals surface area contributed by atoms with Crippen LogP contribution in [0.5, 0.6) is 11.5 Å². The van der Waals surface area contributed by atoms with Crippen molar-refractivity contribution in [3.05, 3.63) is 92.4 Å². The van der Waals surface area contributed by atoms with Gasteiger partial charge in [0, 0.05) is 5.02 Å². The molecule has 0 bridgehead atoms. The summed E-state index contributed by atoms with van der Waals surface area (Å²) in [6.07, 6.45) is 1.43. The minimum Gasteiger partial charge on any atom is -0.490 e. The number of esters is 1. The van der Waals surface area contributed by atoms with Crippen molar-refractivity contribution in [2.45, 2.75) is 6.92 Å². The number of hydrogen-bond donors (Lipinski definition) is 1. The zero-order chi connectivity index (χ0) is 23.1. The van der Waals surface area contributed by atoms with Crippen LogP contribution < -0.4 is 14.9 Å². The minimum absolute atomic E-state index is 0.173. The van der Waals surface area contributed by atoms with Crippen LogP contribution in [0.2, 0.25) is 15.1 Å². The van der Waals surface area contributed by atoms with E-state index < -0.39 is 11.9 Å². The van der Waals surface area contributed by atoms with E-state index in [1.54, 1.807) is 55.5 Å². The maximum Gasteiger partial charge on any atom is 0.345 e.